The van der Waals surface area contributed by atoms with Crippen molar-refractivity contribution in [3.05, 3.63) is 56.0 Å². The van der Waals surface area contributed by atoms with Crippen LogP contribution in [0.5, 0.6) is 5.75 Å². The van der Waals surface area contributed by atoms with Gasteiger partial charge in [-0.3, -0.25) is 4.79 Å². The van der Waals surface area contributed by atoms with E-state index in [1.807, 2.05) is 26.0 Å². The fourth-order valence-electron chi connectivity index (χ4n) is 2.04. The molecule has 6 heteroatoms. The standard InChI is InChI=1S/C16H14BrCl2NO2/c1-9-5-11(17)6-10(2)16(9)22-8-15(21)20-14-4-3-12(18)7-13(14)19/h3-7H,8H2,1-2H3,(H,20,21). The fourth-order valence-corrected chi connectivity index (χ4v) is 3.18. The number of nitrogens with one attached hydrogen (secondary N) is 1. The fraction of sp³-hybridized carbons (Fsp3) is 0.188. The summed E-state index contributed by atoms with van der Waals surface area (Å²) in [6, 6.07) is 8.76. The second-order valence-electron chi connectivity index (χ2n) is 4.83. The number of benzene rings is 2. The lowest BCUT2D eigenvalue weighted by Gasteiger charge is -2.13. The third-order valence-corrected chi connectivity index (χ3v) is 3.98. The smallest absolute Gasteiger partial charge is 0.262 e. The Kier molecular flexibility index (Phi) is 5.73. The summed E-state index contributed by atoms with van der Waals surface area (Å²) < 4.78 is 6.60. The summed E-state index contributed by atoms with van der Waals surface area (Å²) >= 11 is 15.3. The molecule has 0 unspecified atom stereocenters. The summed E-state index contributed by atoms with van der Waals surface area (Å²) in [4.78, 5) is 12.0. The molecule has 0 aliphatic heterocycles. The van der Waals surface area contributed by atoms with Crippen LogP contribution in [0.1, 0.15) is 11.1 Å². The van der Waals surface area contributed by atoms with E-state index in [-0.39, 0.29) is 12.5 Å². The zero-order valence-corrected chi connectivity index (χ0v) is 15.1. The number of ether oxygens (including phenoxy) is 1. The molecule has 0 bridgehead atoms. The highest BCUT2D eigenvalue weighted by atomic mass is 79.9. The van der Waals surface area contributed by atoms with Crippen molar-refractivity contribution in [2.45, 2.75) is 13.8 Å². The van der Waals surface area contributed by atoms with E-state index in [0.29, 0.717) is 21.5 Å². The Hall–Kier alpha value is -1.23. The Bertz CT molecular complexity index is 696. The molecule has 0 fully saturated rings. The van der Waals surface area contributed by atoms with E-state index in [0.717, 1.165) is 15.6 Å². The highest BCUT2D eigenvalue weighted by Gasteiger charge is 2.10. The van der Waals surface area contributed by atoms with Gasteiger partial charge in [-0.1, -0.05) is 39.1 Å². The van der Waals surface area contributed by atoms with Crippen molar-refractivity contribution < 1.29 is 9.53 Å². The van der Waals surface area contributed by atoms with Crippen LogP contribution in [0, 0.1) is 13.8 Å². The number of hydrogen-bond donors (Lipinski definition) is 1. The van der Waals surface area contributed by atoms with Crippen LogP contribution >= 0.6 is 39.1 Å². The molecule has 2 aromatic carbocycles. The molecule has 116 valence electrons. The van der Waals surface area contributed by atoms with Crippen molar-refractivity contribution in [2.75, 3.05) is 11.9 Å². The van der Waals surface area contributed by atoms with Gasteiger partial charge in [-0.2, -0.15) is 0 Å². The van der Waals surface area contributed by atoms with Crippen molar-refractivity contribution >= 4 is 50.7 Å². The summed E-state index contributed by atoms with van der Waals surface area (Å²) in [7, 11) is 0. The van der Waals surface area contributed by atoms with E-state index in [9.17, 15) is 4.79 Å². The van der Waals surface area contributed by atoms with Crippen LogP contribution < -0.4 is 10.1 Å². The number of anilines is 1. The van der Waals surface area contributed by atoms with Gasteiger partial charge in [-0.05, 0) is 55.3 Å². The molecule has 0 saturated heterocycles. The molecule has 22 heavy (non-hydrogen) atoms. The molecule has 1 amide bonds. The second kappa shape index (κ2) is 7.36. The second-order valence-corrected chi connectivity index (χ2v) is 6.59. The van der Waals surface area contributed by atoms with Crippen molar-refractivity contribution in [3.8, 4) is 5.75 Å². The van der Waals surface area contributed by atoms with Gasteiger partial charge in [-0.25, -0.2) is 0 Å². The van der Waals surface area contributed by atoms with E-state index in [2.05, 4.69) is 21.2 Å². The zero-order valence-electron chi connectivity index (χ0n) is 12.0. The maximum Gasteiger partial charge on any atom is 0.262 e. The van der Waals surface area contributed by atoms with E-state index in [1.54, 1.807) is 18.2 Å². The monoisotopic (exact) mass is 401 g/mol. The minimum absolute atomic E-state index is 0.0950. The van der Waals surface area contributed by atoms with Crippen molar-refractivity contribution in [2.24, 2.45) is 0 Å². The minimum Gasteiger partial charge on any atom is -0.483 e. The number of aryl methyl sites for hydroxylation is 2. The lowest BCUT2D eigenvalue weighted by Crippen LogP contribution is -2.20. The molecule has 0 heterocycles. The predicted octanol–water partition coefficient (Wildman–Crippen LogP) is 5.39. The number of rotatable bonds is 4. The van der Waals surface area contributed by atoms with E-state index in [1.165, 1.54) is 0 Å². The van der Waals surface area contributed by atoms with Gasteiger partial charge in [0.1, 0.15) is 5.75 Å². The molecule has 0 radical (unpaired) electrons. The Balaban J connectivity index is 2.02. The summed E-state index contributed by atoms with van der Waals surface area (Å²) in [5.74, 6) is 0.423. The lowest BCUT2D eigenvalue weighted by molar-refractivity contribution is -0.118. The van der Waals surface area contributed by atoms with Gasteiger partial charge in [-0.15, -0.1) is 0 Å². The first-order valence-corrected chi connectivity index (χ1v) is 8.06. The van der Waals surface area contributed by atoms with Gasteiger partial charge in [0.15, 0.2) is 6.61 Å². The SMILES string of the molecule is Cc1cc(Br)cc(C)c1OCC(=O)Nc1ccc(Cl)cc1Cl. The third-order valence-electron chi connectivity index (χ3n) is 2.98. The largest absolute Gasteiger partial charge is 0.483 e. The first kappa shape index (κ1) is 17.1. The van der Waals surface area contributed by atoms with Crippen molar-refractivity contribution in [1.29, 1.82) is 0 Å². The zero-order chi connectivity index (χ0) is 16.3. The average molecular weight is 403 g/mol. The molecule has 3 nitrogen and oxygen atoms in total. The van der Waals surface area contributed by atoms with Crippen molar-refractivity contribution in [1.82, 2.24) is 0 Å². The van der Waals surface area contributed by atoms with E-state index >= 15 is 0 Å². The van der Waals surface area contributed by atoms with Crippen LogP contribution in [0.25, 0.3) is 0 Å². The van der Waals surface area contributed by atoms with Crippen LogP contribution in [0.3, 0.4) is 0 Å². The maximum atomic E-state index is 12.0. The van der Waals surface area contributed by atoms with Gasteiger partial charge in [0.05, 0.1) is 10.7 Å². The van der Waals surface area contributed by atoms with Crippen LogP contribution in [-0.4, -0.2) is 12.5 Å². The van der Waals surface area contributed by atoms with Gasteiger partial charge >= 0.3 is 0 Å². The summed E-state index contributed by atoms with van der Waals surface area (Å²) in [6.07, 6.45) is 0. The van der Waals surface area contributed by atoms with Crippen LogP contribution in [0.15, 0.2) is 34.8 Å². The molecule has 0 aliphatic rings. The summed E-state index contributed by atoms with van der Waals surface area (Å²) in [6.45, 7) is 3.77. The first-order valence-electron chi connectivity index (χ1n) is 6.51. The Morgan fingerprint density at radius 2 is 1.82 bits per heavy atom. The average Bonchev–Trinajstić information content (AvgIpc) is 2.40. The summed E-state index contributed by atoms with van der Waals surface area (Å²) in [5.41, 5.74) is 2.43. The number of carbonyl (C=O) groups is 1. The molecule has 0 saturated carbocycles. The number of amides is 1. The predicted molar refractivity (Wildman–Crippen MR) is 94.2 cm³/mol. The first-order chi connectivity index (χ1) is 10.4. The summed E-state index contributed by atoms with van der Waals surface area (Å²) in [5, 5.41) is 3.59. The van der Waals surface area contributed by atoms with Gasteiger partial charge in [0.25, 0.3) is 5.91 Å². The Labute approximate surface area is 147 Å². The lowest BCUT2D eigenvalue weighted by atomic mass is 10.1. The molecule has 0 aromatic heterocycles. The quantitative estimate of drug-likeness (QED) is 0.744. The topological polar surface area (TPSA) is 38.3 Å². The number of hydrogen-bond acceptors (Lipinski definition) is 2. The highest BCUT2D eigenvalue weighted by molar-refractivity contribution is 9.10. The minimum atomic E-state index is -0.286. The molecule has 2 rings (SSSR count). The van der Waals surface area contributed by atoms with E-state index in [4.69, 9.17) is 27.9 Å². The number of carbonyl (C=O) groups excluding carboxylic acids is 1. The van der Waals surface area contributed by atoms with Gasteiger partial charge in [0, 0.05) is 9.50 Å². The highest BCUT2D eigenvalue weighted by Crippen LogP contribution is 2.28. The van der Waals surface area contributed by atoms with Gasteiger partial charge < -0.3 is 10.1 Å². The molecule has 2 aromatic rings. The van der Waals surface area contributed by atoms with Crippen LogP contribution in [0.2, 0.25) is 10.0 Å². The van der Waals surface area contributed by atoms with Crippen LogP contribution in [0.4, 0.5) is 5.69 Å². The molecular weight excluding hydrogens is 389 g/mol. The maximum absolute atomic E-state index is 12.0. The molecule has 0 atom stereocenters. The molecule has 0 aliphatic carbocycles. The Morgan fingerprint density at radius 3 is 2.41 bits per heavy atom. The van der Waals surface area contributed by atoms with Crippen LogP contribution in [-0.2, 0) is 4.79 Å². The van der Waals surface area contributed by atoms with Crippen molar-refractivity contribution in [3.63, 3.8) is 0 Å². The Morgan fingerprint density at radius 1 is 1.18 bits per heavy atom. The molecular formula is C16H14BrCl2NO2. The normalized spacial score (nSPS) is 10.4. The molecule has 1 N–H and O–H groups in total. The van der Waals surface area contributed by atoms with Gasteiger partial charge in [0.2, 0.25) is 0 Å². The number of halogens is 3. The van der Waals surface area contributed by atoms with E-state index < -0.39 is 0 Å². The third kappa shape index (κ3) is 4.38. The molecule has 0 spiro atoms.